The monoisotopic (exact) mass is 261 g/mol. The minimum atomic E-state index is -0.173. The number of halogens is 1. The molecule has 3 nitrogen and oxygen atoms in total. The highest BCUT2D eigenvalue weighted by Gasteiger charge is 2.22. The number of rotatable bonds is 4. The van der Waals surface area contributed by atoms with Gasteiger partial charge in [0.15, 0.2) is 0 Å². The van der Waals surface area contributed by atoms with Crippen LogP contribution in [0.1, 0.15) is 18.4 Å². The van der Waals surface area contributed by atoms with Gasteiger partial charge in [0.2, 0.25) is 0 Å². The van der Waals surface area contributed by atoms with Gasteiger partial charge in [0, 0.05) is 19.1 Å². The Morgan fingerprint density at radius 3 is 3.11 bits per heavy atom. The van der Waals surface area contributed by atoms with Crippen molar-refractivity contribution >= 4 is 0 Å². The first-order chi connectivity index (χ1) is 9.19. The molecule has 0 saturated carbocycles. The predicted octanol–water partition coefficient (Wildman–Crippen LogP) is 2.25. The molecule has 19 heavy (non-hydrogen) atoms. The molecular formula is C15H20FN3. The van der Waals surface area contributed by atoms with Gasteiger partial charge in [0.25, 0.3) is 0 Å². The summed E-state index contributed by atoms with van der Waals surface area (Å²) in [6, 6.07) is 9.42. The molecule has 1 aromatic carbocycles. The van der Waals surface area contributed by atoms with E-state index in [1.807, 2.05) is 13.1 Å². The SMILES string of the molecule is CN(CC#N)C1CCCN(Cc2cccc(F)c2)C1. The van der Waals surface area contributed by atoms with Crippen LogP contribution in [-0.4, -0.2) is 42.5 Å². The highest BCUT2D eigenvalue weighted by Crippen LogP contribution is 2.17. The number of piperidine rings is 1. The van der Waals surface area contributed by atoms with E-state index in [2.05, 4.69) is 15.9 Å². The second-order valence-electron chi connectivity index (χ2n) is 5.23. The lowest BCUT2D eigenvalue weighted by molar-refractivity contribution is 0.120. The van der Waals surface area contributed by atoms with E-state index >= 15 is 0 Å². The second kappa shape index (κ2) is 6.65. The molecule has 0 bridgehead atoms. The van der Waals surface area contributed by atoms with Gasteiger partial charge >= 0.3 is 0 Å². The Labute approximate surface area is 114 Å². The molecule has 0 spiro atoms. The maximum atomic E-state index is 13.2. The van der Waals surface area contributed by atoms with E-state index in [1.165, 1.54) is 6.07 Å². The Morgan fingerprint density at radius 1 is 1.53 bits per heavy atom. The Kier molecular flexibility index (Phi) is 4.89. The van der Waals surface area contributed by atoms with Gasteiger partial charge in [0.05, 0.1) is 12.6 Å². The van der Waals surface area contributed by atoms with Crippen molar-refractivity contribution in [1.29, 1.82) is 5.26 Å². The van der Waals surface area contributed by atoms with E-state index < -0.39 is 0 Å². The second-order valence-corrected chi connectivity index (χ2v) is 5.23. The number of benzene rings is 1. The molecule has 1 aliphatic rings. The van der Waals surface area contributed by atoms with Crippen molar-refractivity contribution in [2.75, 3.05) is 26.7 Å². The van der Waals surface area contributed by atoms with Crippen LogP contribution in [0.5, 0.6) is 0 Å². The Bertz CT molecular complexity index is 455. The molecule has 4 heteroatoms. The average Bonchev–Trinajstić information content (AvgIpc) is 2.39. The van der Waals surface area contributed by atoms with E-state index in [4.69, 9.17) is 5.26 Å². The largest absolute Gasteiger partial charge is 0.298 e. The van der Waals surface area contributed by atoms with Gasteiger partial charge < -0.3 is 0 Å². The lowest BCUT2D eigenvalue weighted by Gasteiger charge is -2.36. The molecule has 1 saturated heterocycles. The molecule has 0 aromatic heterocycles. The highest BCUT2D eigenvalue weighted by molar-refractivity contribution is 5.16. The van der Waals surface area contributed by atoms with Crippen LogP contribution in [0.4, 0.5) is 4.39 Å². The van der Waals surface area contributed by atoms with Gasteiger partial charge in [-0.25, -0.2) is 4.39 Å². The molecule has 1 aliphatic heterocycles. The Hall–Kier alpha value is -1.44. The number of hydrogen-bond donors (Lipinski definition) is 0. The van der Waals surface area contributed by atoms with Crippen LogP contribution in [0.15, 0.2) is 24.3 Å². The quantitative estimate of drug-likeness (QED) is 0.779. The first-order valence-electron chi connectivity index (χ1n) is 6.73. The third-order valence-corrected chi connectivity index (χ3v) is 3.72. The van der Waals surface area contributed by atoms with Crippen molar-refractivity contribution in [2.24, 2.45) is 0 Å². The molecule has 102 valence electrons. The van der Waals surface area contributed by atoms with Gasteiger partial charge in [-0.3, -0.25) is 9.80 Å². The van der Waals surface area contributed by atoms with E-state index in [0.29, 0.717) is 12.6 Å². The molecule has 0 amide bonds. The van der Waals surface area contributed by atoms with E-state index in [-0.39, 0.29) is 5.82 Å². The minimum Gasteiger partial charge on any atom is -0.298 e. The van der Waals surface area contributed by atoms with Gasteiger partial charge in [-0.2, -0.15) is 5.26 Å². The average molecular weight is 261 g/mol. The van der Waals surface area contributed by atoms with Crippen molar-refractivity contribution < 1.29 is 4.39 Å². The zero-order valence-electron chi connectivity index (χ0n) is 11.3. The van der Waals surface area contributed by atoms with Crippen LogP contribution in [0.25, 0.3) is 0 Å². The first-order valence-corrected chi connectivity index (χ1v) is 6.73. The van der Waals surface area contributed by atoms with Gasteiger partial charge in [0.1, 0.15) is 5.82 Å². The molecule has 1 aromatic rings. The standard InChI is InChI=1S/C15H20FN3/c1-18(9-7-17)15-6-3-8-19(12-15)11-13-4-2-5-14(16)10-13/h2,4-5,10,15H,3,6,8-9,11-12H2,1H3. The van der Waals surface area contributed by atoms with E-state index in [9.17, 15) is 4.39 Å². The van der Waals surface area contributed by atoms with Crippen LogP contribution >= 0.6 is 0 Å². The Balaban J connectivity index is 1.92. The highest BCUT2D eigenvalue weighted by atomic mass is 19.1. The number of likely N-dealkylation sites (N-methyl/N-ethyl adjacent to an activating group) is 1. The normalized spacial score (nSPS) is 20.4. The third-order valence-electron chi connectivity index (χ3n) is 3.72. The summed E-state index contributed by atoms with van der Waals surface area (Å²) in [6.45, 7) is 3.26. The van der Waals surface area contributed by atoms with Crippen molar-refractivity contribution in [1.82, 2.24) is 9.80 Å². The van der Waals surface area contributed by atoms with Crippen LogP contribution in [0.3, 0.4) is 0 Å². The molecule has 0 radical (unpaired) electrons. The summed E-state index contributed by atoms with van der Waals surface area (Å²) in [6.07, 6.45) is 2.27. The van der Waals surface area contributed by atoms with Gasteiger partial charge in [-0.15, -0.1) is 0 Å². The lowest BCUT2D eigenvalue weighted by atomic mass is 10.0. The fourth-order valence-corrected chi connectivity index (χ4v) is 2.67. The number of nitrogens with zero attached hydrogens (tertiary/aromatic N) is 3. The summed E-state index contributed by atoms with van der Waals surface area (Å²) in [5, 5.41) is 8.75. The zero-order valence-corrected chi connectivity index (χ0v) is 11.3. The van der Waals surface area contributed by atoms with Gasteiger partial charge in [-0.1, -0.05) is 12.1 Å². The Morgan fingerprint density at radius 2 is 2.37 bits per heavy atom. The van der Waals surface area contributed by atoms with Crippen molar-refractivity contribution in [3.05, 3.63) is 35.6 Å². The number of likely N-dealkylation sites (tertiary alicyclic amines) is 1. The molecule has 2 rings (SSSR count). The van der Waals surface area contributed by atoms with Crippen LogP contribution in [0, 0.1) is 17.1 Å². The summed E-state index contributed by atoms with van der Waals surface area (Å²) < 4.78 is 13.2. The fraction of sp³-hybridized carbons (Fsp3) is 0.533. The zero-order chi connectivity index (χ0) is 13.7. The molecule has 0 aliphatic carbocycles. The summed E-state index contributed by atoms with van der Waals surface area (Å²) >= 11 is 0. The van der Waals surface area contributed by atoms with E-state index in [0.717, 1.165) is 38.0 Å². The first kappa shape index (κ1) is 14.0. The lowest BCUT2D eigenvalue weighted by Crippen LogP contribution is -2.46. The van der Waals surface area contributed by atoms with Gasteiger partial charge in [-0.05, 0) is 44.1 Å². The summed E-state index contributed by atoms with van der Waals surface area (Å²) in [5.41, 5.74) is 1.02. The van der Waals surface area contributed by atoms with E-state index in [1.54, 1.807) is 12.1 Å². The number of hydrogen-bond acceptors (Lipinski definition) is 3. The minimum absolute atomic E-state index is 0.173. The van der Waals surface area contributed by atoms with Crippen molar-refractivity contribution in [2.45, 2.75) is 25.4 Å². The summed E-state index contributed by atoms with van der Waals surface area (Å²) in [7, 11) is 2.00. The molecule has 0 N–H and O–H groups in total. The molecule has 1 unspecified atom stereocenters. The van der Waals surface area contributed by atoms with Crippen molar-refractivity contribution in [3.8, 4) is 6.07 Å². The van der Waals surface area contributed by atoms with Crippen LogP contribution < -0.4 is 0 Å². The summed E-state index contributed by atoms with van der Waals surface area (Å²) in [4.78, 5) is 4.45. The topological polar surface area (TPSA) is 30.3 Å². The summed E-state index contributed by atoms with van der Waals surface area (Å²) in [5.74, 6) is -0.173. The molecule has 1 heterocycles. The smallest absolute Gasteiger partial charge is 0.123 e. The molecular weight excluding hydrogens is 241 g/mol. The maximum absolute atomic E-state index is 13.2. The molecule has 1 atom stereocenters. The third kappa shape index (κ3) is 4.02. The predicted molar refractivity (Wildman–Crippen MR) is 72.9 cm³/mol. The van der Waals surface area contributed by atoms with Crippen LogP contribution in [0.2, 0.25) is 0 Å². The maximum Gasteiger partial charge on any atom is 0.123 e. The molecule has 1 fully saturated rings. The number of nitriles is 1. The van der Waals surface area contributed by atoms with Crippen molar-refractivity contribution in [3.63, 3.8) is 0 Å². The fourth-order valence-electron chi connectivity index (χ4n) is 2.67. The van der Waals surface area contributed by atoms with Crippen LogP contribution in [-0.2, 0) is 6.54 Å².